The maximum atomic E-state index is 12.0. The van der Waals surface area contributed by atoms with Gasteiger partial charge in [-0.15, -0.1) is 0 Å². The molecule has 1 aromatic carbocycles. The summed E-state index contributed by atoms with van der Waals surface area (Å²) in [5.41, 5.74) is 9.08. The molecule has 1 rings (SSSR count). The first-order valence-electron chi connectivity index (χ1n) is 6.82. The van der Waals surface area contributed by atoms with Crippen LogP contribution >= 0.6 is 0 Å². The van der Waals surface area contributed by atoms with Gasteiger partial charge in [-0.3, -0.25) is 4.79 Å². The molecule has 4 heteroatoms. The van der Waals surface area contributed by atoms with Crippen LogP contribution in [0.15, 0.2) is 12.1 Å². The summed E-state index contributed by atoms with van der Waals surface area (Å²) in [7, 11) is 0. The lowest BCUT2D eigenvalue weighted by atomic mass is 10.0. The highest BCUT2D eigenvalue weighted by Gasteiger charge is 2.10. The van der Waals surface area contributed by atoms with Gasteiger partial charge in [-0.2, -0.15) is 0 Å². The number of aryl methyl sites for hydroxylation is 2. The van der Waals surface area contributed by atoms with Gasteiger partial charge in [-0.25, -0.2) is 0 Å². The van der Waals surface area contributed by atoms with Crippen LogP contribution < -0.4 is 11.1 Å². The van der Waals surface area contributed by atoms with Crippen LogP contribution in [-0.2, 0) is 0 Å². The lowest BCUT2D eigenvalue weighted by Gasteiger charge is -2.10. The van der Waals surface area contributed by atoms with Crippen LogP contribution in [0.25, 0.3) is 0 Å². The first kappa shape index (κ1) is 15.5. The highest BCUT2D eigenvalue weighted by Crippen LogP contribution is 2.17. The van der Waals surface area contributed by atoms with E-state index >= 15 is 0 Å². The molecule has 0 aromatic heterocycles. The first-order valence-corrected chi connectivity index (χ1v) is 6.82. The Labute approximate surface area is 115 Å². The number of amides is 1. The summed E-state index contributed by atoms with van der Waals surface area (Å²) in [6.07, 6.45) is 3.80. The standard InChI is InChI=1S/C15H24N2O2/c1-11-9-12(2)14(16)10-13(11)15(19)17-7-5-3-4-6-8-18/h9-10,18H,3-8,16H2,1-2H3,(H,17,19). The molecule has 19 heavy (non-hydrogen) atoms. The van der Waals surface area contributed by atoms with E-state index in [1.165, 1.54) is 0 Å². The van der Waals surface area contributed by atoms with Gasteiger partial charge in [0.15, 0.2) is 0 Å². The third-order valence-electron chi connectivity index (χ3n) is 3.23. The largest absolute Gasteiger partial charge is 0.398 e. The Hall–Kier alpha value is -1.55. The van der Waals surface area contributed by atoms with Crippen LogP contribution in [-0.4, -0.2) is 24.2 Å². The predicted molar refractivity (Wildman–Crippen MR) is 78.2 cm³/mol. The highest BCUT2D eigenvalue weighted by molar-refractivity contribution is 5.96. The van der Waals surface area contributed by atoms with E-state index in [4.69, 9.17) is 10.8 Å². The van der Waals surface area contributed by atoms with Crippen molar-refractivity contribution in [1.29, 1.82) is 0 Å². The molecule has 1 aromatic rings. The Morgan fingerprint density at radius 3 is 2.53 bits per heavy atom. The summed E-state index contributed by atoms with van der Waals surface area (Å²) in [6, 6.07) is 3.68. The molecule has 0 saturated heterocycles. The highest BCUT2D eigenvalue weighted by atomic mass is 16.2. The number of hydrogen-bond donors (Lipinski definition) is 3. The quantitative estimate of drug-likeness (QED) is 0.522. The van der Waals surface area contributed by atoms with Crippen LogP contribution in [0.4, 0.5) is 5.69 Å². The molecule has 0 saturated carbocycles. The van der Waals surface area contributed by atoms with Crippen molar-refractivity contribution in [3.63, 3.8) is 0 Å². The number of nitrogens with two attached hydrogens (primary N) is 1. The maximum Gasteiger partial charge on any atom is 0.251 e. The molecule has 0 spiro atoms. The van der Waals surface area contributed by atoms with Crippen LogP contribution in [0.2, 0.25) is 0 Å². The zero-order valence-corrected chi connectivity index (χ0v) is 11.8. The van der Waals surface area contributed by atoms with Crippen molar-refractivity contribution in [2.45, 2.75) is 39.5 Å². The Morgan fingerprint density at radius 2 is 1.84 bits per heavy atom. The molecule has 0 bridgehead atoms. The van der Waals surface area contributed by atoms with Crippen LogP contribution in [0.5, 0.6) is 0 Å². The molecule has 4 nitrogen and oxygen atoms in total. The molecule has 0 atom stereocenters. The minimum atomic E-state index is -0.0636. The number of anilines is 1. The van der Waals surface area contributed by atoms with Crippen LogP contribution in [0.1, 0.15) is 47.2 Å². The zero-order valence-electron chi connectivity index (χ0n) is 11.8. The second kappa shape index (κ2) is 7.79. The number of aliphatic hydroxyl groups excluding tert-OH is 1. The second-order valence-electron chi connectivity index (χ2n) is 4.92. The smallest absolute Gasteiger partial charge is 0.251 e. The number of benzene rings is 1. The molecular weight excluding hydrogens is 240 g/mol. The molecular formula is C15H24N2O2. The number of hydrogen-bond acceptors (Lipinski definition) is 3. The molecule has 0 aliphatic carbocycles. The molecule has 0 fully saturated rings. The van der Waals surface area contributed by atoms with Gasteiger partial charge in [0.2, 0.25) is 0 Å². The van der Waals surface area contributed by atoms with Crippen molar-refractivity contribution in [2.24, 2.45) is 0 Å². The number of nitrogen functional groups attached to an aromatic ring is 1. The SMILES string of the molecule is Cc1cc(C)c(C(=O)NCCCCCCO)cc1N. The number of carbonyl (C=O) groups excluding carboxylic acids is 1. The second-order valence-corrected chi connectivity index (χ2v) is 4.92. The van der Waals surface area contributed by atoms with Gasteiger partial charge >= 0.3 is 0 Å². The zero-order chi connectivity index (χ0) is 14.3. The number of aliphatic hydroxyl groups is 1. The molecule has 0 radical (unpaired) electrons. The van der Waals surface area contributed by atoms with Crippen molar-refractivity contribution in [3.05, 3.63) is 28.8 Å². The van der Waals surface area contributed by atoms with Gasteiger partial charge in [0, 0.05) is 24.4 Å². The topological polar surface area (TPSA) is 75.3 Å². The molecule has 0 heterocycles. The maximum absolute atomic E-state index is 12.0. The van der Waals surface area contributed by atoms with E-state index in [1.54, 1.807) is 6.07 Å². The summed E-state index contributed by atoms with van der Waals surface area (Å²) in [5.74, 6) is -0.0636. The van der Waals surface area contributed by atoms with Crippen molar-refractivity contribution >= 4 is 11.6 Å². The van der Waals surface area contributed by atoms with Crippen molar-refractivity contribution in [3.8, 4) is 0 Å². The fourth-order valence-electron chi connectivity index (χ4n) is 2.00. The van der Waals surface area contributed by atoms with E-state index in [9.17, 15) is 4.79 Å². The minimum absolute atomic E-state index is 0.0636. The van der Waals surface area contributed by atoms with Crippen LogP contribution in [0.3, 0.4) is 0 Å². The molecule has 4 N–H and O–H groups in total. The van der Waals surface area contributed by atoms with Gasteiger partial charge < -0.3 is 16.2 Å². The van der Waals surface area contributed by atoms with E-state index in [0.717, 1.165) is 36.8 Å². The Morgan fingerprint density at radius 1 is 1.16 bits per heavy atom. The van der Waals surface area contributed by atoms with E-state index in [0.29, 0.717) is 17.8 Å². The normalized spacial score (nSPS) is 10.5. The number of rotatable bonds is 7. The fraction of sp³-hybridized carbons (Fsp3) is 0.533. The van der Waals surface area contributed by atoms with Crippen LogP contribution in [0, 0.1) is 13.8 Å². The Balaban J connectivity index is 2.43. The lowest BCUT2D eigenvalue weighted by Crippen LogP contribution is -2.25. The Bertz CT molecular complexity index is 430. The molecule has 0 aliphatic rings. The van der Waals surface area contributed by atoms with Gasteiger partial charge in [-0.05, 0) is 43.9 Å². The summed E-state index contributed by atoms with van der Waals surface area (Å²) < 4.78 is 0. The third kappa shape index (κ3) is 4.91. The molecule has 1 amide bonds. The third-order valence-corrected chi connectivity index (χ3v) is 3.23. The first-order chi connectivity index (χ1) is 9.06. The van der Waals surface area contributed by atoms with Crippen molar-refractivity contribution in [2.75, 3.05) is 18.9 Å². The number of carbonyl (C=O) groups is 1. The van der Waals surface area contributed by atoms with Crippen molar-refractivity contribution in [1.82, 2.24) is 5.32 Å². The molecule has 0 aliphatic heterocycles. The summed E-state index contributed by atoms with van der Waals surface area (Å²) in [5, 5.41) is 11.6. The number of unbranched alkanes of at least 4 members (excludes halogenated alkanes) is 3. The average molecular weight is 264 g/mol. The summed E-state index contributed by atoms with van der Waals surface area (Å²) in [4.78, 5) is 12.0. The van der Waals surface area contributed by atoms with E-state index < -0.39 is 0 Å². The lowest BCUT2D eigenvalue weighted by molar-refractivity contribution is 0.0952. The van der Waals surface area contributed by atoms with E-state index in [1.807, 2.05) is 19.9 Å². The van der Waals surface area contributed by atoms with Gasteiger partial charge in [0.05, 0.1) is 0 Å². The van der Waals surface area contributed by atoms with E-state index in [2.05, 4.69) is 5.32 Å². The average Bonchev–Trinajstić information content (AvgIpc) is 2.37. The molecule has 106 valence electrons. The summed E-state index contributed by atoms with van der Waals surface area (Å²) in [6.45, 7) is 4.76. The molecule has 0 unspecified atom stereocenters. The summed E-state index contributed by atoms with van der Waals surface area (Å²) >= 11 is 0. The van der Waals surface area contributed by atoms with Crippen molar-refractivity contribution < 1.29 is 9.90 Å². The number of nitrogens with one attached hydrogen (secondary N) is 1. The van der Waals surface area contributed by atoms with Gasteiger partial charge in [0.1, 0.15) is 0 Å². The fourth-order valence-corrected chi connectivity index (χ4v) is 2.00. The van der Waals surface area contributed by atoms with Gasteiger partial charge in [0.25, 0.3) is 5.91 Å². The predicted octanol–water partition coefficient (Wildman–Crippen LogP) is 2.17. The monoisotopic (exact) mass is 264 g/mol. The minimum Gasteiger partial charge on any atom is -0.398 e. The van der Waals surface area contributed by atoms with E-state index in [-0.39, 0.29) is 12.5 Å². The Kier molecular flexibility index (Phi) is 6.36. The van der Waals surface area contributed by atoms with Gasteiger partial charge in [-0.1, -0.05) is 18.9 Å².